The van der Waals surface area contributed by atoms with Crippen LogP contribution in [0, 0.1) is 0 Å². The maximum Gasteiger partial charge on any atom is 0.0340 e. The van der Waals surface area contributed by atoms with Crippen molar-refractivity contribution >= 4 is 5.69 Å². The fourth-order valence-corrected chi connectivity index (χ4v) is 2.03. The van der Waals surface area contributed by atoms with Gasteiger partial charge in [0.25, 0.3) is 0 Å². The Labute approximate surface area is 85.9 Å². The van der Waals surface area contributed by atoms with Crippen molar-refractivity contribution in [3.63, 3.8) is 0 Å². The Morgan fingerprint density at radius 1 is 1.36 bits per heavy atom. The molecule has 76 valence electrons. The SMILES string of the molecule is CN1CCC[C@@H]1CNc1ccccc1. The number of para-hydroxylation sites is 1. The van der Waals surface area contributed by atoms with Crippen LogP contribution in [0.15, 0.2) is 30.3 Å². The summed E-state index contributed by atoms with van der Waals surface area (Å²) in [5.74, 6) is 0. The van der Waals surface area contributed by atoms with Gasteiger partial charge in [-0.1, -0.05) is 18.2 Å². The first-order chi connectivity index (χ1) is 6.86. The lowest BCUT2D eigenvalue weighted by molar-refractivity contribution is 0.322. The molecule has 1 aromatic rings. The van der Waals surface area contributed by atoms with Crippen LogP contribution in [0.3, 0.4) is 0 Å². The first-order valence-corrected chi connectivity index (χ1v) is 5.35. The van der Waals surface area contributed by atoms with Crippen LogP contribution in [-0.2, 0) is 0 Å². The Hall–Kier alpha value is -1.02. The molecule has 0 amide bonds. The van der Waals surface area contributed by atoms with E-state index in [0.29, 0.717) is 0 Å². The molecule has 0 unspecified atom stereocenters. The first-order valence-electron chi connectivity index (χ1n) is 5.35. The Kier molecular flexibility index (Phi) is 3.04. The molecule has 2 rings (SSSR count). The third-order valence-electron chi connectivity index (χ3n) is 2.99. The van der Waals surface area contributed by atoms with Gasteiger partial charge in [-0.05, 0) is 38.6 Å². The number of hydrogen-bond donors (Lipinski definition) is 1. The van der Waals surface area contributed by atoms with Crippen molar-refractivity contribution in [3.05, 3.63) is 30.3 Å². The van der Waals surface area contributed by atoms with Gasteiger partial charge in [0.15, 0.2) is 0 Å². The zero-order valence-electron chi connectivity index (χ0n) is 8.74. The molecule has 0 radical (unpaired) electrons. The molecule has 0 bridgehead atoms. The molecule has 2 nitrogen and oxygen atoms in total. The summed E-state index contributed by atoms with van der Waals surface area (Å²) in [5.41, 5.74) is 1.23. The predicted molar refractivity (Wildman–Crippen MR) is 60.6 cm³/mol. The smallest absolute Gasteiger partial charge is 0.0340 e. The third-order valence-corrected chi connectivity index (χ3v) is 2.99. The third kappa shape index (κ3) is 2.26. The number of anilines is 1. The molecule has 1 N–H and O–H groups in total. The van der Waals surface area contributed by atoms with Crippen LogP contribution in [-0.4, -0.2) is 31.1 Å². The standard InChI is InChI=1S/C12H18N2/c1-14-9-5-8-12(14)10-13-11-6-3-2-4-7-11/h2-4,6-7,12-13H,5,8-10H2,1H3/t12-/m1/s1. The normalized spacial score (nSPS) is 22.5. The summed E-state index contributed by atoms with van der Waals surface area (Å²) in [6, 6.07) is 11.1. The van der Waals surface area contributed by atoms with Gasteiger partial charge in [-0.25, -0.2) is 0 Å². The monoisotopic (exact) mass is 190 g/mol. The van der Waals surface area contributed by atoms with Gasteiger partial charge in [0.1, 0.15) is 0 Å². The van der Waals surface area contributed by atoms with Crippen molar-refractivity contribution in [2.24, 2.45) is 0 Å². The van der Waals surface area contributed by atoms with E-state index in [1.807, 2.05) is 6.07 Å². The molecule has 1 saturated heterocycles. The highest BCUT2D eigenvalue weighted by Gasteiger charge is 2.19. The lowest BCUT2D eigenvalue weighted by Gasteiger charge is -2.20. The highest BCUT2D eigenvalue weighted by molar-refractivity contribution is 5.42. The van der Waals surface area contributed by atoms with E-state index in [1.54, 1.807) is 0 Å². The van der Waals surface area contributed by atoms with Crippen molar-refractivity contribution in [2.45, 2.75) is 18.9 Å². The van der Waals surface area contributed by atoms with E-state index < -0.39 is 0 Å². The fourth-order valence-electron chi connectivity index (χ4n) is 2.03. The molecule has 1 aliphatic rings. The van der Waals surface area contributed by atoms with Crippen LogP contribution >= 0.6 is 0 Å². The molecular weight excluding hydrogens is 172 g/mol. The van der Waals surface area contributed by atoms with Crippen LogP contribution in [0.5, 0.6) is 0 Å². The summed E-state index contributed by atoms with van der Waals surface area (Å²) in [7, 11) is 2.21. The van der Waals surface area contributed by atoms with Gasteiger partial charge in [0.2, 0.25) is 0 Å². The fraction of sp³-hybridized carbons (Fsp3) is 0.500. The number of nitrogens with zero attached hydrogens (tertiary/aromatic N) is 1. The van der Waals surface area contributed by atoms with Crippen molar-refractivity contribution in [1.29, 1.82) is 0 Å². The highest BCUT2D eigenvalue weighted by Crippen LogP contribution is 2.15. The Morgan fingerprint density at radius 2 is 2.14 bits per heavy atom. The van der Waals surface area contributed by atoms with Crippen LogP contribution in [0.2, 0.25) is 0 Å². The molecule has 1 fully saturated rings. The average Bonchev–Trinajstić information content (AvgIpc) is 2.63. The van der Waals surface area contributed by atoms with Gasteiger partial charge in [-0.15, -0.1) is 0 Å². The topological polar surface area (TPSA) is 15.3 Å². The lowest BCUT2D eigenvalue weighted by atomic mass is 10.2. The van der Waals surface area contributed by atoms with Crippen molar-refractivity contribution < 1.29 is 0 Å². The maximum atomic E-state index is 3.48. The molecule has 14 heavy (non-hydrogen) atoms. The molecule has 1 aromatic carbocycles. The second-order valence-corrected chi connectivity index (χ2v) is 4.02. The number of likely N-dealkylation sites (N-methyl/N-ethyl adjacent to an activating group) is 1. The number of nitrogens with one attached hydrogen (secondary N) is 1. The quantitative estimate of drug-likeness (QED) is 0.786. The number of benzene rings is 1. The highest BCUT2D eigenvalue weighted by atomic mass is 15.2. The van der Waals surface area contributed by atoms with E-state index in [2.05, 4.69) is 41.5 Å². The van der Waals surface area contributed by atoms with E-state index in [0.717, 1.165) is 12.6 Å². The number of hydrogen-bond acceptors (Lipinski definition) is 2. The van der Waals surface area contributed by atoms with Crippen molar-refractivity contribution in [3.8, 4) is 0 Å². The van der Waals surface area contributed by atoms with Crippen LogP contribution < -0.4 is 5.32 Å². The van der Waals surface area contributed by atoms with E-state index in [4.69, 9.17) is 0 Å². The number of rotatable bonds is 3. The molecule has 1 aliphatic heterocycles. The summed E-state index contributed by atoms with van der Waals surface area (Å²) < 4.78 is 0. The van der Waals surface area contributed by atoms with Crippen LogP contribution in [0.25, 0.3) is 0 Å². The molecule has 1 atom stereocenters. The second-order valence-electron chi connectivity index (χ2n) is 4.02. The van der Waals surface area contributed by atoms with Gasteiger partial charge < -0.3 is 10.2 Å². The van der Waals surface area contributed by atoms with Gasteiger partial charge in [0.05, 0.1) is 0 Å². The molecule has 0 saturated carbocycles. The second kappa shape index (κ2) is 4.47. The summed E-state index contributed by atoms with van der Waals surface area (Å²) >= 11 is 0. The van der Waals surface area contributed by atoms with E-state index in [1.165, 1.54) is 25.1 Å². The van der Waals surface area contributed by atoms with E-state index in [9.17, 15) is 0 Å². The molecule has 1 heterocycles. The Bertz CT molecular complexity index is 271. The molecule has 0 spiro atoms. The van der Waals surface area contributed by atoms with Gasteiger partial charge in [0, 0.05) is 18.3 Å². The van der Waals surface area contributed by atoms with Gasteiger partial charge in [-0.3, -0.25) is 0 Å². The molecular formula is C12H18N2. The Morgan fingerprint density at radius 3 is 2.79 bits per heavy atom. The van der Waals surface area contributed by atoms with E-state index in [-0.39, 0.29) is 0 Å². The first kappa shape index (κ1) is 9.53. The molecule has 2 heteroatoms. The minimum Gasteiger partial charge on any atom is -0.383 e. The van der Waals surface area contributed by atoms with Gasteiger partial charge >= 0.3 is 0 Å². The minimum atomic E-state index is 0.718. The Balaban J connectivity index is 1.82. The average molecular weight is 190 g/mol. The zero-order chi connectivity index (χ0) is 9.80. The summed E-state index contributed by atoms with van der Waals surface area (Å²) in [6.45, 7) is 2.32. The minimum absolute atomic E-state index is 0.718. The summed E-state index contributed by atoms with van der Waals surface area (Å²) in [6.07, 6.45) is 2.67. The van der Waals surface area contributed by atoms with Crippen LogP contribution in [0.1, 0.15) is 12.8 Å². The van der Waals surface area contributed by atoms with E-state index >= 15 is 0 Å². The summed E-state index contributed by atoms with van der Waals surface area (Å²) in [5, 5.41) is 3.48. The van der Waals surface area contributed by atoms with Crippen molar-refractivity contribution in [1.82, 2.24) is 4.90 Å². The maximum absolute atomic E-state index is 3.48. The summed E-state index contributed by atoms with van der Waals surface area (Å²) in [4.78, 5) is 2.44. The predicted octanol–water partition coefficient (Wildman–Crippen LogP) is 2.19. The zero-order valence-corrected chi connectivity index (χ0v) is 8.74. The van der Waals surface area contributed by atoms with Crippen LogP contribution in [0.4, 0.5) is 5.69 Å². The molecule has 0 aliphatic carbocycles. The number of likely N-dealkylation sites (tertiary alicyclic amines) is 1. The lowest BCUT2D eigenvalue weighted by Crippen LogP contribution is -2.31. The van der Waals surface area contributed by atoms with Gasteiger partial charge in [-0.2, -0.15) is 0 Å². The van der Waals surface area contributed by atoms with Crippen molar-refractivity contribution in [2.75, 3.05) is 25.5 Å². The molecule has 0 aromatic heterocycles. The largest absolute Gasteiger partial charge is 0.383 e.